The number of hydrogen-bond donors (Lipinski definition) is 2. The van der Waals surface area contributed by atoms with Crippen molar-refractivity contribution < 1.29 is 27.6 Å². The Kier molecular flexibility index (Phi) is 6.00. The van der Waals surface area contributed by atoms with E-state index in [9.17, 15) is 13.2 Å². The van der Waals surface area contributed by atoms with Gasteiger partial charge in [-0.1, -0.05) is 0 Å². The van der Waals surface area contributed by atoms with Gasteiger partial charge in [0.05, 0.1) is 57.4 Å². The molecule has 0 bridgehead atoms. The van der Waals surface area contributed by atoms with Gasteiger partial charge in [0.1, 0.15) is 0 Å². The van der Waals surface area contributed by atoms with Crippen molar-refractivity contribution in [3.8, 4) is 11.5 Å². The molecule has 0 unspecified atom stereocenters. The van der Waals surface area contributed by atoms with Crippen molar-refractivity contribution in [2.75, 3.05) is 52.5 Å². The molecule has 3 rings (SSSR count). The number of nitrogens with zero attached hydrogens (tertiary/aromatic N) is 1. The SMILES string of the molecule is CC(=O)NCC[NH+]1CCN(S(=O)(=O)c2ccc3c(c2)OCCCO3)CC1. The lowest BCUT2D eigenvalue weighted by Gasteiger charge is -2.31. The molecule has 1 fully saturated rings. The summed E-state index contributed by atoms with van der Waals surface area (Å²) in [6.45, 7) is 6.38. The van der Waals surface area contributed by atoms with Crippen LogP contribution in [0, 0.1) is 0 Å². The molecule has 9 heteroatoms. The van der Waals surface area contributed by atoms with Crippen LogP contribution in [0.15, 0.2) is 23.1 Å². The number of rotatable bonds is 5. The van der Waals surface area contributed by atoms with Gasteiger partial charge in [-0.2, -0.15) is 4.31 Å². The number of ether oxygens (including phenoxy) is 2. The Labute approximate surface area is 154 Å². The fraction of sp³-hybridized carbons (Fsp3) is 0.588. The minimum atomic E-state index is -3.55. The zero-order valence-electron chi connectivity index (χ0n) is 15.0. The van der Waals surface area contributed by atoms with Gasteiger partial charge in [-0.15, -0.1) is 0 Å². The lowest BCUT2D eigenvalue weighted by molar-refractivity contribution is -0.902. The normalized spacial score (nSPS) is 19.0. The Morgan fingerprint density at radius 1 is 1.19 bits per heavy atom. The smallest absolute Gasteiger partial charge is 0.243 e. The summed E-state index contributed by atoms with van der Waals surface area (Å²) < 4.78 is 38.6. The molecule has 2 heterocycles. The molecule has 0 saturated carbocycles. The fourth-order valence-electron chi connectivity index (χ4n) is 3.16. The second-order valence-corrected chi connectivity index (χ2v) is 8.48. The van der Waals surface area contributed by atoms with Gasteiger partial charge < -0.3 is 19.7 Å². The van der Waals surface area contributed by atoms with Crippen LogP contribution in [0.25, 0.3) is 0 Å². The number of carbonyl (C=O) groups excluding carboxylic acids is 1. The summed E-state index contributed by atoms with van der Waals surface area (Å²) in [7, 11) is -3.55. The number of nitrogens with one attached hydrogen (secondary N) is 2. The van der Waals surface area contributed by atoms with Crippen molar-refractivity contribution >= 4 is 15.9 Å². The van der Waals surface area contributed by atoms with Crippen LogP contribution in [0.1, 0.15) is 13.3 Å². The second-order valence-electron chi connectivity index (χ2n) is 6.55. The van der Waals surface area contributed by atoms with Crippen LogP contribution in [-0.4, -0.2) is 71.1 Å². The Morgan fingerprint density at radius 3 is 2.58 bits per heavy atom. The summed E-state index contributed by atoms with van der Waals surface area (Å²) >= 11 is 0. The highest BCUT2D eigenvalue weighted by molar-refractivity contribution is 7.89. The molecule has 2 aliphatic heterocycles. The molecule has 1 amide bonds. The van der Waals surface area contributed by atoms with Gasteiger partial charge in [-0.3, -0.25) is 4.79 Å². The summed E-state index contributed by atoms with van der Waals surface area (Å²) in [5, 5.41) is 2.78. The number of fused-ring (bicyclic) bond motifs is 1. The number of piperazine rings is 1. The molecular weight excluding hydrogens is 358 g/mol. The van der Waals surface area contributed by atoms with Gasteiger partial charge in [-0.05, 0) is 12.1 Å². The summed E-state index contributed by atoms with van der Waals surface area (Å²) in [6, 6.07) is 4.81. The summed E-state index contributed by atoms with van der Waals surface area (Å²) in [5.74, 6) is 1.04. The molecule has 0 radical (unpaired) electrons. The third-order valence-corrected chi connectivity index (χ3v) is 6.53. The molecule has 0 atom stereocenters. The predicted octanol–water partition coefficient (Wildman–Crippen LogP) is -1.13. The third-order valence-electron chi connectivity index (χ3n) is 4.64. The number of hydrogen-bond acceptors (Lipinski definition) is 5. The van der Waals surface area contributed by atoms with Crippen molar-refractivity contribution in [2.45, 2.75) is 18.2 Å². The molecular formula is C17H26N3O5S+. The van der Waals surface area contributed by atoms with Crippen LogP contribution in [0.5, 0.6) is 11.5 Å². The zero-order valence-corrected chi connectivity index (χ0v) is 15.8. The Bertz CT molecular complexity index is 745. The first-order valence-corrected chi connectivity index (χ1v) is 10.4. The maximum Gasteiger partial charge on any atom is 0.243 e. The van der Waals surface area contributed by atoms with E-state index in [-0.39, 0.29) is 10.8 Å². The van der Waals surface area contributed by atoms with Crippen molar-refractivity contribution in [1.29, 1.82) is 0 Å². The Balaban J connectivity index is 1.62. The van der Waals surface area contributed by atoms with Crippen molar-refractivity contribution in [3.05, 3.63) is 18.2 Å². The second kappa shape index (κ2) is 8.24. The van der Waals surface area contributed by atoms with Gasteiger partial charge in [-0.25, -0.2) is 8.42 Å². The van der Waals surface area contributed by atoms with E-state index in [0.717, 1.165) is 26.1 Å². The van der Waals surface area contributed by atoms with Crippen LogP contribution in [0.3, 0.4) is 0 Å². The molecule has 1 aromatic carbocycles. The van der Waals surface area contributed by atoms with Crippen LogP contribution < -0.4 is 19.7 Å². The number of amides is 1. The fourth-order valence-corrected chi connectivity index (χ4v) is 4.62. The third kappa shape index (κ3) is 4.46. The molecule has 0 spiro atoms. The minimum absolute atomic E-state index is 0.0416. The van der Waals surface area contributed by atoms with Crippen molar-refractivity contribution in [1.82, 2.24) is 9.62 Å². The maximum absolute atomic E-state index is 12.9. The Hall–Kier alpha value is -1.84. The largest absolute Gasteiger partial charge is 0.490 e. The molecule has 2 aliphatic rings. The maximum atomic E-state index is 12.9. The van der Waals surface area contributed by atoms with E-state index < -0.39 is 10.0 Å². The quantitative estimate of drug-likeness (QED) is 0.671. The highest BCUT2D eigenvalue weighted by Crippen LogP contribution is 2.32. The predicted molar refractivity (Wildman–Crippen MR) is 95.1 cm³/mol. The van der Waals surface area contributed by atoms with E-state index >= 15 is 0 Å². The number of carbonyl (C=O) groups is 1. The zero-order chi connectivity index (χ0) is 18.6. The standard InChI is InChI=1S/C17H25N3O5S/c1-14(21)18-5-6-19-7-9-20(10-8-19)26(22,23)15-3-4-16-17(13-15)25-12-2-11-24-16/h3-4,13H,2,5-12H2,1H3,(H,18,21)/p+1. The van der Waals surface area contributed by atoms with Gasteiger partial charge in [0.15, 0.2) is 11.5 Å². The van der Waals surface area contributed by atoms with Gasteiger partial charge in [0.2, 0.25) is 15.9 Å². The number of sulfonamides is 1. The lowest BCUT2D eigenvalue weighted by Crippen LogP contribution is -3.15. The summed E-state index contributed by atoms with van der Waals surface area (Å²) in [6.07, 6.45) is 0.778. The average Bonchev–Trinajstić information content (AvgIpc) is 2.86. The van der Waals surface area contributed by atoms with E-state index in [0.29, 0.717) is 44.3 Å². The van der Waals surface area contributed by atoms with Gasteiger partial charge in [0, 0.05) is 19.4 Å². The lowest BCUT2D eigenvalue weighted by atomic mass is 10.3. The number of quaternary nitrogens is 1. The highest BCUT2D eigenvalue weighted by Gasteiger charge is 2.31. The first-order valence-electron chi connectivity index (χ1n) is 8.94. The van der Waals surface area contributed by atoms with E-state index in [2.05, 4.69) is 5.32 Å². The molecule has 1 aromatic rings. The molecule has 2 N–H and O–H groups in total. The van der Waals surface area contributed by atoms with E-state index in [1.807, 2.05) is 0 Å². The number of benzene rings is 1. The molecule has 26 heavy (non-hydrogen) atoms. The van der Waals surface area contributed by atoms with E-state index in [1.54, 1.807) is 18.2 Å². The summed E-state index contributed by atoms with van der Waals surface area (Å²) in [4.78, 5) is 12.5. The van der Waals surface area contributed by atoms with E-state index in [4.69, 9.17) is 9.47 Å². The highest BCUT2D eigenvalue weighted by atomic mass is 32.2. The van der Waals surface area contributed by atoms with Crippen LogP contribution in [-0.2, 0) is 14.8 Å². The van der Waals surface area contributed by atoms with Crippen molar-refractivity contribution in [3.63, 3.8) is 0 Å². The van der Waals surface area contributed by atoms with Crippen LogP contribution >= 0.6 is 0 Å². The first kappa shape index (κ1) is 18.9. The molecule has 0 aromatic heterocycles. The van der Waals surface area contributed by atoms with Gasteiger partial charge in [0.25, 0.3) is 0 Å². The Morgan fingerprint density at radius 2 is 1.88 bits per heavy atom. The summed E-state index contributed by atoms with van der Waals surface area (Å²) in [5.41, 5.74) is 0. The minimum Gasteiger partial charge on any atom is -0.490 e. The topological polar surface area (TPSA) is 89.4 Å². The van der Waals surface area contributed by atoms with E-state index in [1.165, 1.54) is 16.1 Å². The van der Waals surface area contributed by atoms with Crippen LogP contribution in [0.2, 0.25) is 0 Å². The molecule has 144 valence electrons. The monoisotopic (exact) mass is 384 g/mol. The molecule has 1 saturated heterocycles. The average molecular weight is 384 g/mol. The molecule has 0 aliphatic carbocycles. The molecule has 8 nitrogen and oxygen atoms in total. The van der Waals surface area contributed by atoms with Crippen molar-refractivity contribution in [2.24, 2.45) is 0 Å². The van der Waals surface area contributed by atoms with Crippen LogP contribution in [0.4, 0.5) is 0 Å². The first-order chi connectivity index (χ1) is 12.5. The van der Waals surface area contributed by atoms with Gasteiger partial charge >= 0.3 is 0 Å².